The van der Waals surface area contributed by atoms with E-state index < -0.39 is 0 Å². The molecule has 0 radical (unpaired) electrons. The van der Waals surface area contributed by atoms with Crippen LogP contribution in [0.3, 0.4) is 0 Å². The summed E-state index contributed by atoms with van der Waals surface area (Å²) >= 11 is 3.20. The molecule has 2 aromatic heterocycles. The van der Waals surface area contributed by atoms with Crippen molar-refractivity contribution >= 4 is 44.9 Å². The van der Waals surface area contributed by atoms with Gasteiger partial charge in [0.15, 0.2) is 0 Å². The molecule has 0 aliphatic rings. The Morgan fingerprint density at radius 1 is 1.03 bits per heavy atom. The lowest BCUT2D eigenvalue weighted by Gasteiger charge is -2.17. The van der Waals surface area contributed by atoms with Crippen molar-refractivity contribution in [1.82, 2.24) is 9.97 Å². The fourth-order valence-electron chi connectivity index (χ4n) is 3.73. The normalized spacial score (nSPS) is 12.1. The lowest BCUT2D eigenvalue weighted by Crippen LogP contribution is -2.25. The molecule has 4 rings (SSSR count). The molecule has 1 atom stereocenters. The summed E-state index contributed by atoms with van der Waals surface area (Å²) in [5.74, 6) is 0.00451. The van der Waals surface area contributed by atoms with E-state index >= 15 is 0 Å². The van der Waals surface area contributed by atoms with Crippen LogP contribution in [0.2, 0.25) is 0 Å². The number of anilines is 1. The van der Waals surface area contributed by atoms with E-state index in [0.717, 1.165) is 43.2 Å². The quantitative estimate of drug-likeness (QED) is 0.261. The van der Waals surface area contributed by atoms with E-state index in [0.29, 0.717) is 6.42 Å². The lowest BCUT2D eigenvalue weighted by molar-refractivity contribution is -0.115. The predicted molar refractivity (Wildman–Crippen MR) is 132 cm³/mol. The Morgan fingerprint density at radius 3 is 2.42 bits per heavy atom. The average Bonchev–Trinajstić information content (AvgIpc) is 3.11. The summed E-state index contributed by atoms with van der Waals surface area (Å²) in [4.78, 5) is 24.4. The van der Waals surface area contributed by atoms with Gasteiger partial charge in [-0.2, -0.15) is 0 Å². The number of aromatic nitrogens is 2. The summed E-state index contributed by atoms with van der Waals surface area (Å²) in [6.45, 7) is 8.20. The van der Waals surface area contributed by atoms with Crippen molar-refractivity contribution in [3.63, 3.8) is 0 Å². The zero-order chi connectivity index (χ0) is 22.0. The summed E-state index contributed by atoms with van der Waals surface area (Å²) in [5, 5.41) is 4.80. The number of thiophene rings is 1. The Kier molecular flexibility index (Phi) is 6.39. The second-order valence-electron chi connectivity index (χ2n) is 7.53. The SMILES string of the molecule is CCC(Sc1ncnc2sc(C)c(-c3ccccc3)c12)C(=O)Nc1c(C)cccc1C. The van der Waals surface area contributed by atoms with E-state index in [1.165, 1.54) is 16.6 Å². The van der Waals surface area contributed by atoms with E-state index in [-0.39, 0.29) is 11.2 Å². The molecule has 0 aliphatic heterocycles. The van der Waals surface area contributed by atoms with Gasteiger partial charge in [0, 0.05) is 16.1 Å². The second-order valence-corrected chi connectivity index (χ2v) is 9.92. The minimum absolute atomic E-state index is 0.00451. The summed E-state index contributed by atoms with van der Waals surface area (Å²) in [6.07, 6.45) is 2.31. The van der Waals surface area contributed by atoms with Crippen LogP contribution in [-0.2, 0) is 4.79 Å². The molecule has 4 nitrogen and oxygen atoms in total. The van der Waals surface area contributed by atoms with Gasteiger partial charge in [0.1, 0.15) is 16.2 Å². The van der Waals surface area contributed by atoms with Gasteiger partial charge in [0.25, 0.3) is 0 Å². The smallest absolute Gasteiger partial charge is 0.237 e. The number of aryl methyl sites for hydroxylation is 3. The van der Waals surface area contributed by atoms with Crippen molar-refractivity contribution in [2.24, 2.45) is 0 Å². The number of nitrogens with zero attached hydrogens (tertiary/aromatic N) is 2. The second kappa shape index (κ2) is 9.20. The van der Waals surface area contributed by atoms with Gasteiger partial charge in [-0.1, -0.05) is 67.2 Å². The minimum atomic E-state index is -0.249. The fourth-order valence-corrected chi connectivity index (χ4v) is 5.84. The number of thioether (sulfide) groups is 1. The van der Waals surface area contributed by atoms with Gasteiger partial charge < -0.3 is 5.32 Å². The summed E-state index contributed by atoms with van der Waals surface area (Å²) in [5.41, 5.74) is 5.34. The van der Waals surface area contributed by atoms with E-state index in [2.05, 4.69) is 34.3 Å². The Hall–Kier alpha value is -2.70. The highest BCUT2D eigenvalue weighted by Crippen LogP contribution is 2.42. The summed E-state index contributed by atoms with van der Waals surface area (Å²) in [7, 11) is 0. The molecule has 0 bridgehead atoms. The van der Waals surface area contributed by atoms with E-state index in [1.54, 1.807) is 17.7 Å². The molecule has 2 heterocycles. The molecule has 158 valence electrons. The van der Waals surface area contributed by atoms with Crippen LogP contribution >= 0.6 is 23.1 Å². The number of hydrogen-bond donors (Lipinski definition) is 1. The van der Waals surface area contributed by atoms with Crippen LogP contribution in [0.15, 0.2) is 59.9 Å². The molecule has 2 aromatic carbocycles. The van der Waals surface area contributed by atoms with Gasteiger partial charge in [-0.25, -0.2) is 9.97 Å². The molecule has 31 heavy (non-hydrogen) atoms. The number of carbonyl (C=O) groups excluding carboxylic acids is 1. The maximum absolute atomic E-state index is 13.2. The maximum Gasteiger partial charge on any atom is 0.237 e. The Balaban J connectivity index is 1.69. The highest BCUT2D eigenvalue weighted by atomic mass is 32.2. The predicted octanol–water partition coefficient (Wildman–Crippen LogP) is 6.79. The molecule has 1 amide bonds. The largest absolute Gasteiger partial charge is 0.325 e. The monoisotopic (exact) mass is 447 g/mol. The number of hydrogen-bond acceptors (Lipinski definition) is 5. The number of benzene rings is 2. The Bertz CT molecular complexity index is 1210. The first-order valence-electron chi connectivity index (χ1n) is 10.3. The molecule has 0 aliphatic carbocycles. The minimum Gasteiger partial charge on any atom is -0.325 e. The number of nitrogens with one attached hydrogen (secondary N) is 1. The summed E-state index contributed by atoms with van der Waals surface area (Å²) < 4.78 is 0. The number of para-hydroxylation sites is 1. The highest BCUT2D eigenvalue weighted by Gasteiger charge is 2.24. The van der Waals surface area contributed by atoms with Gasteiger partial charge in [-0.3, -0.25) is 4.79 Å². The number of amides is 1. The topological polar surface area (TPSA) is 54.9 Å². The van der Waals surface area contributed by atoms with Crippen LogP contribution in [0.5, 0.6) is 0 Å². The molecule has 4 aromatic rings. The highest BCUT2D eigenvalue weighted by molar-refractivity contribution is 8.00. The molecule has 6 heteroatoms. The first-order valence-corrected chi connectivity index (χ1v) is 12.0. The average molecular weight is 448 g/mol. The zero-order valence-electron chi connectivity index (χ0n) is 18.1. The first kappa shape index (κ1) is 21.5. The summed E-state index contributed by atoms with van der Waals surface area (Å²) in [6, 6.07) is 16.4. The standard InChI is InChI=1S/C25H25N3OS2/c1-5-19(23(29)28-22-15(2)10-9-11-16(22)3)31-25-21-20(18-12-7-6-8-13-18)17(4)30-24(21)26-14-27-25/h6-14,19H,5H2,1-4H3,(H,28,29). The van der Waals surface area contributed by atoms with Crippen LogP contribution in [0.1, 0.15) is 29.3 Å². The van der Waals surface area contributed by atoms with Crippen molar-refractivity contribution in [3.8, 4) is 11.1 Å². The lowest BCUT2D eigenvalue weighted by atomic mass is 10.0. The number of carbonyl (C=O) groups is 1. The van der Waals surface area contributed by atoms with Gasteiger partial charge in [-0.05, 0) is 43.9 Å². The van der Waals surface area contributed by atoms with Crippen molar-refractivity contribution < 1.29 is 4.79 Å². The van der Waals surface area contributed by atoms with Crippen LogP contribution in [0.4, 0.5) is 5.69 Å². The van der Waals surface area contributed by atoms with E-state index in [1.807, 2.05) is 57.2 Å². The first-order chi connectivity index (χ1) is 15.0. The van der Waals surface area contributed by atoms with Crippen LogP contribution in [0.25, 0.3) is 21.3 Å². The molecular weight excluding hydrogens is 422 g/mol. The number of rotatable bonds is 6. The molecule has 0 fully saturated rings. The fraction of sp³-hybridized carbons (Fsp3) is 0.240. The van der Waals surface area contributed by atoms with Gasteiger partial charge in [0.2, 0.25) is 5.91 Å². The van der Waals surface area contributed by atoms with Gasteiger partial charge in [-0.15, -0.1) is 11.3 Å². The van der Waals surface area contributed by atoms with Crippen molar-refractivity contribution in [2.45, 2.75) is 44.4 Å². The van der Waals surface area contributed by atoms with E-state index in [4.69, 9.17) is 0 Å². The Labute approximate surface area is 191 Å². The molecule has 1 N–H and O–H groups in total. The van der Waals surface area contributed by atoms with Crippen LogP contribution in [0, 0.1) is 20.8 Å². The van der Waals surface area contributed by atoms with E-state index in [9.17, 15) is 4.79 Å². The molecule has 1 unspecified atom stereocenters. The van der Waals surface area contributed by atoms with Crippen LogP contribution < -0.4 is 5.32 Å². The molecule has 0 saturated carbocycles. The third-order valence-electron chi connectivity index (χ3n) is 5.34. The van der Waals surface area contributed by atoms with Crippen molar-refractivity contribution in [1.29, 1.82) is 0 Å². The van der Waals surface area contributed by atoms with Crippen molar-refractivity contribution in [3.05, 3.63) is 70.9 Å². The van der Waals surface area contributed by atoms with Gasteiger partial charge >= 0.3 is 0 Å². The van der Waals surface area contributed by atoms with Gasteiger partial charge in [0.05, 0.1) is 10.6 Å². The third kappa shape index (κ3) is 4.36. The van der Waals surface area contributed by atoms with Crippen molar-refractivity contribution in [2.75, 3.05) is 5.32 Å². The van der Waals surface area contributed by atoms with Crippen LogP contribution in [-0.4, -0.2) is 21.1 Å². The zero-order valence-corrected chi connectivity index (χ0v) is 19.7. The molecule has 0 spiro atoms. The molecule has 0 saturated heterocycles. The number of fused-ring (bicyclic) bond motifs is 1. The Morgan fingerprint density at radius 2 is 1.74 bits per heavy atom. The maximum atomic E-state index is 13.2. The molecular formula is C25H25N3OS2. The third-order valence-corrected chi connectivity index (χ3v) is 7.72.